The fraction of sp³-hybridized carbons (Fsp3) is 0.900. The van der Waals surface area contributed by atoms with Gasteiger partial charge in [0.1, 0.15) is 0 Å². The first-order chi connectivity index (χ1) is 7.65. The van der Waals surface area contributed by atoms with Gasteiger partial charge in [-0.05, 0) is 27.2 Å². The lowest BCUT2D eigenvalue weighted by atomic mass is 10.3. The minimum Gasteiger partial charge on any atom is -0.322 e. The highest BCUT2D eigenvalue weighted by atomic mass is 32.2. The van der Waals surface area contributed by atoms with Crippen LogP contribution in [0, 0.1) is 0 Å². The molecular weight excluding hydrogens is 242 g/mol. The molecule has 0 aromatic carbocycles. The molecule has 0 spiro atoms. The van der Waals surface area contributed by atoms with Crippen LogP contribution in [0.4, 0.5) is 4.79 Å². The molecule has 100 valence electrons. The van der Waals surface area contributed by atoms with Gasteiger partial charge in [0, 0.05) is 19.6 Å². The minimum atomic E-state index is -3.19. The molecule has 0 bridgehead atoms. The van der Waals surface area contributed by atoms with Gasteiger partial charge >= 0.3 is 6.03 Å². The second-order valence-electron chi connectivity index (χ2n) is 5.25. The van der Waals surface area contributed by atoms with E-state index in [1.54, 1.807) is 20.8 Å². The van der Waals surface area contributed by atoms with Gasteiger partial charge in [0.2, 0.25) is 0 Å². The first kappa shape index (κ1) is 14.2. The SMILES string of the molecule is CC(C)(C)S(=O)(=O)CCN1CCCN(N)C1=O. The molecule has 0 aromatic rings. The van der Waals surface area contributed by atoms with Gasteiger partial charge in [0.15, 0.2) is 9.84 Å². The van der Waals surface area contributed by atoms with Crippen LogP contribution in [0.5, 0.6) is 0 Å². The number of hydrogen-bond acceptors (Lipinski definition) is 4. The predicted molar refractivity (Wildman–Crippen MR) is 66.0 cm³/mol. The zero-order valence-corrected chi connectivity index (χ0v) is 11.5. The van der Waals surface area contributed by atoms with E-state index in [-0.39, 0.29) is 18.3 Å². The molecule has 0 atom stereocenters. The Hall–Kier alpha value is -0.820. The van der Waals surface area contributed by atoms with E-state index in [1.807, 2.05) is 0 Å². The van der Waals surface area contributed by atoms with Crippen molar-refractivity contribution >= 4 is 15.9 Å². The van der Waals surface area contributed by atoms with Crippen molar-refractivity contribution in [1.82, 2.24) is 9.91 Å². The highest BCUT2D eigenvalue weighted by Gasteiger charge is 2.31. The third-order valence-corrected chi connectivity index (χ3v) is 5.49. The maximum Gasteiger partial charge on any atom is 0.334 e. The number of sulfone groups is 1. The summed E-state index contributed by atoms with van der Waals surface area (Å²) in [4.78, 5) is 13.1. The highest BCUT2D eigenvalue weighted by Crippen LogP contribution is 2.16. The molecule has 2 amide bonds. The van der Waals surface area contributed by atoms with E-state index in [4.69, 9.17) is 5.84 Å². The normalized spacial score (nSPS) is 18.7. The molecule has 17 heavy (non-hydrogen) atoms. The van der Waals surface area contributed by atoms with Crippen molar-refractivity contribution < 1.29 is 13.2 Å². The van der Waals surface area contributed by atoms with E-state index in [2.05, 4.69) is 0 Å². The van der Waals surface area contributed by atoms with Gasteiger partial charge in [-0.15, -0.1) is 0 Å². The van der Waals surface area contributed by atoms with E-state index in [0.29, 0.717) is 13.1 Å². The van der Waals surface area contributed by atoms with Crippen LogP contribution in [-0.4, -0.2) is 54.5 Å². The summed E-state index contributed by atoms with van der Waals surface area (Å²) in [5.41, 5.74) is 0. The molecule has 2 N–H and O–H groups in total. The standard InChI is InChI=1S/C10H21N3O3S/c1-10(2,3)17(15,16)8-7-12-5-4-6-13(11)9(12)14/h4-8,11H2,1-3H3. The van der Waals surface area contributed by atoms with E-state index < -0.39 is 14.6 Å². The molecule has 7 heteroatoms. The molecule has 1 fully saturated rings. The average molecular weight is 263 g/mol. The number of nitrogens with two attached hydrogens (primary N) is 1. The Balaban J connectivity index is 2.60. The first-order valence-electron chi connectivity index (χ1n) is 5.68. The monoisotopic (exact) mass is 263 g/mol. The van der Waals surface area contributed by atoms with Gasteiger partial charge in [-0.3, -0.25) is 5.01 Å². The lowest BCUT2D eigenvalue weighted by Gasteiger charge is -2.33. The summed E-state index contributed by atoms with van der Waals surface area (Å²) in [6, 6.07) is -0.291. The van der Waals surface area contributed by atoms with Gasteiger partial charge in [0.25, 0.3) is 0 Å². The summed E-state index contributed by atoms with van der Waals surface area (Å²) >= 11 is 0. The van der Waals surface area contributed by atoms with Crippen molar-refractivity contribution in [1.29, 1.82) is 0 Å². The Labute approximate surface area is 103 Å². The summed E-state index contributed by atoms with van der Waals surface area (Å²) in [5.74, 6) is 5.47. The third-order valence-electron chi connectivity index (χ3n) is 2.91. The molecule has 1 aliphatic heterocycles. The van der Waals surface area contributed by atoms with Crippen LogP contribution >= 0.6 is 0 Å². The Bertz CT molecular complexity index is 386. The second-order valence-corrected chi connectivity index (χ2v) is 8.11. The van der Waals surface area contributed by atoms with Crippen LogP contribution in [0.2, 0.25) is 0 Å². The number of hydrogen-bond donors (Lipinski definition) is 1. The predicted octanol–water partition coefficient (Wildman–Crippen LogP) is 0.201. The number of amides is 2. The zero-order chi connectivity index (χ0) is 13.3. The van der Waals surface area contributed by atoms with Crippen LogP contribution in [-0.2, 0) is 9.84 Å². The zero-order valence-electron chi connectivity index (χ0n) is 10.6. The van der Waals surface area contributed by atoms with E-state index >= 15 is 0 Å². The van der Waals surface area contributed by atoms with Crippen molar-refractivity contribution in [3.63, 3.8) is 0 Å². The third kappa shape index (κ3) is 3.32. The molecule has 0 saturated carbocycles. The number of nitrogens with zero attached hydrogens (tertiary/aromatic N) is 2. The molecule has 1 heterocycles. The lowest BCUT2D eigenvalue weighted by Crippen LogP contribution is -2.53. The van der Waals surface area contributed by atoms with E-state index in [1.165, 1.54) is 4.90 Å². The highest BCUT2D eigenvalue weighted by molar-refractivity contribution is 7.92. The summed E-state index contributed by atoms with van der Waals surface area (Å²) in [5, 5.41) is 1.13. The summed E-state index contributed by atoms with van der Waals surface area (Å²) < 4.78 is 23.0. The van der Waals surface area contributed by atoms with Crippen LogP contribution in [0.3, 0.4) is 0 Å². The summed E-state index contributed by atoms with van der Waals surface area (Å²) in [6.07, 6.45) is 0.776. The lowest BCUT2D eigenvalue weighted by molar-refractivity contribution is 0.133. The Morgan fingerprint density at radius 1 is 1.29 bits per heavy atom. The summed E-state index contributed by atoms with van der Waals surface area (Å²) in [7, 11) is -3.19. The Morgan fingerprint density at radius 3 is 2.41 bits per heavy atom. The van der Waals surface area contributed by atoms with E-state index in [9.17, 15) is 13.2 Å². The van der Waals surface area contributed by atoms with Crippen LogP contribution in [0.25, 0.3) is 0 Å². The van der Waals surface area contributed by atoms with Crippen molar-refractivity contribution in [2.45, 2.75) is 31.9 Å². The number of carbonyl (C=O) groups is 1. The molecule has 6 nitrogen and oxygen atoms in total. The fourth-order valence-electron chi connectivity index (χ4n) is 1.55. The first-order valence-corrected chi connectivity index (χ1v) is 7.34. The van der Waals surface area contributed by atoms with Crippen LogP contribution in [0.1, 0.15) is 27.2 Å². The van der Waals surface area contributed by atoms with Crippen molar-refractivity contribution in [3.8, 4) is 0 Å². The van der Waals surface area contributed by atoms with E-state index in [0.717, 1.165) is 11.4 Å². The second kappa shape index (κ2) is 4.81. The van der Waals surface area contributed by atoms with Gasteiger partial charge in [-0.25, -0.2) is 19.1 Å². The number of rotatable bonds is 3. The summed E-state index contributed by atoms with van der Waals surface area (Å²) in [6.45, 7) is 6.31. The molecule has 0 unspecified atom stereocenters. The van der Waals surface area contributed by atoms with Crippen molar-refractivity contribution in [2.24, 2.45) is 5.84 Å². The fourth-order valence-corrected chi connectivity index (χ4v) is 2.62. The van der Waals surface area contributed by atoms with Gasteiger partial charge in [-0.1, -0.05) is 0 Å². The minimum absolute atomic E-state index is 0.0178. The molecule has 0 radical (unpaired) electrons. The van der Waals surface area contributed by atoms with Gasteiger partial charge in [0.05, 0.1) is 10.5 Å². The topological polar surface area (TPSA) is 83.7 Å². The molecule has 0 aliphatic carbocycles. The molecule has 1 saturated heterocycles. The molecular formula is C10H21N3O3S. The quantitative estimate of drug-likeness (QED) is 0.582. The van der Waals surface area contributed by atoms with Crippen LogP contribution in [0.15, 0.2) is 0 Å². The number of hydrazine groups is 1. The van der Waals surface area contributed by atoms with Gasteiger partial charge < -0.3 is 4.90 Å². The van der Waals surface area contributed by atoms with Crippen molar-refractivity contribution in [3.05, 3.63) is 0 Å². The molecule has 0 aromatic heterocycles. The largest absolute Gasteiger partial charge is 0.334 e. The smallest absolute Gasteiger partial charge is 0.322 e. The van der Waals surface area contributed by atoms with Gasteiger partial charge in [-0.2, -0.15) is 0 Å². The van der Waals surface area contributed by atoms with Crippen LogP contribution < -0.4 is 5.84 Å². The Morgan fingerprint density at radius 2 is 1.88 bits per heavy atom. The maximum absolute atomic E-state index is 11.9. The Kier molecular flexibility index (Phi) is 4.03. The number of urea groups is 1. The number of carbonyl (C=O) groups excluding carboxylic acids is 1. The van der Waals surface area contributed by atoms with Crippen molar-refractivity contribution in [2.75, 3.05) is 25.4 Å². The molecule has 1 rings (SSSR count). The average Bonchev–Trinajstić information content (AvgIpc) is 2.18. The molecule has 1 aliphatic rings. The maximum atomic E-state index is 11.9.